The van der Waals surface area contributed by atoms with Crippen LogP contribution in [0.25, 0.3) is 10.9 Å². The van der Waals surface area contributed by atoms with Gasteiger partial charge in [0.15, 0.2) is 0 Å². The molecule has 0 radical (unpaired) electrons. The fourth-order valence-electron chi connectivity index (χ4n) is 2.60. The third-order valence-electron chi connectivity index (χ3n) is 3.88. The molecule has 118 valence electrons. The van der Waals surface area contributed by atoms with E-state index in [0.717, 1.165) is 23.7 Å². The summed E-state index contributed by atoms with van der Waals surface area (Å²) in [6, 6.07) is 11.6. The van der Waals surface area contributed by atoms with Crippen molar-refractivity contribution in [2.75, 3.05) is 13.6 Å². The maximum Gasteiger partial charge on any atom is 0.272 e. The van der Waals surface area contributed by atoms with Gasteiger partial charge in [0, 0.05) is 32.2 Å². The Morgan fingerprint density at radius 1 is 1.22 bits per heavy atom. The summed E-state index contributed by atoms with van der Waals surface area (Å²) in [4.78, 5) is 18.7. The molecule has 0 bridgehead atoms. The normalized spacial score (nSPS) is 10.9. The molecule has 5 nitrogen and oxygen atoms in total. The molecule has 1 amide bonds. The van der Waals surface area contributed by atoms with Gasteiger partial charge >= 0.3 is 0 Å². The van der Waals surface area contributed by atoms with Gasteiger partial charge in [-0.3, -0.25) is 9.48 Å². The number of carbonyl (C=O) groups excluding carboxylic acids is 1. The fourth-order valence-corrected chi connectivity index (χ4v) is 2.60. The predicted molar refractivity (Wildman–Crippen MR) is 90.2 cm³/mol. The zero-order valence-electron chi connectivity index (χ0n) is 13.4. The van der Waals surface area contributed by atoms with E-state index in [1.54, 1.807) is 15.6 Å². The molecule has 2 heterocycles. The topological polar surface area (TPSA) is 51.0 Å². The average Bonchev–Trinajstić information content (AvgIpc) is 2.99. The number of nitrogens with zero attached hydrogens (tertiary/aromatic N) is 4. The zero-order chi connectivity index (χ0) is 16.2. The number of hydrogen-bond acceptors (Lipinski definition) is 3. The van der Waals surface area contributed by atoms with Crippen LogP contribution in [0.2, 0.25) is 0 Å². The summed E-state index contributed by atoms with van der Waals surface area (Å²) in [7, 11) is 3.73. The molecular formula is C18H20N4O. The molecule has 3 aromatic rings. The van der Waals surface area contributed by atoms with Crippen LogP contribution in [-0.4, -0.2) is 39.2 Å². The monoisotopic (exact) mass is 308 g/mol. The van der Waals surface area contributed by atoms with Crippen LogP contribution in [0.4, 0.5) is 0 Å². The molecule has 0 saturated carbocycles. The van der Waals surface area contributed by atoms with Crippen molar-refractivity contribution >= 4 is 16.8 Å². The number of rotatable bonds is 5. The highest BCUT2D eigenvalue weighted by molar-refractivity contribution is 5.94. The number of fused-ring (bicyclic) bond motifs is 1. The van der Waals surface area contributed by atoms with E-state index in [1.165, 1.54) is 5.56 Å². The smallest absolute Gasteiger partial charge is 0.272 e. The summed E-state index contributed by atoms with van der Waals surface area (Å²) in [6.45, 7) is 0.697. The Balaban J connectivity index is 1.61. The van der Waals surface area contributed by atoms with E-state index in [1.807, 2.05) is 56.8 Å². The number of amides is 1. The highest BCUT2D eigenvalue weighted by Crippen LogP contribution is 2.13. The van der Waals surface area contributed by atoms with Gasteiger partial charge in [-0.05, 0) is 30.5 Å². The van der Waals surface area contributed by atoms with Gasteiger partial charge in [-0.25, -0.2) is 4.98 Å². The van der Waals surface area contributed by atoms with Crippen LogP contribution in [0.1, 0.15) is 22.5 Å². The van der Waals surface area contributed by atoms with Crippen molar-refractivity contribution in [3.63, 3.8) is 0 Å². The second-order valence-corrected chi connectivity index (χ2v) is 5.74. The van der Waals surface area contributed by atoms with Crippen molar-refractivity contribution in [1.29, 1.82) is 0 Å². The van der Waals surface area contributed by atoms with E-state index in [9.17, 15) is 4.79 Å². The lowest BCUT2D eigenvalue weighted by atomic mass is 10.2. The molecule has 0 aliphatic rings. The molecule has 0 aliphatic heterocycles. The first kappa shape index (κ1) is 15.2. The summed E-state index contributed by atoms with van der Waals surface area (Å²) < 4.78 is 1.79. The van der Waals surface area contributed by atoms with Crippen molar-refractivity contribution < 1.29 is 4.79 Å². The van der Waals surface area contributed by atoms with Gasteiger partial charge in [-0.2, -0.15) is 5.10 Å². The third kappa shape index (κ3) is 3.56. The molecule has 0 atom stereocenters. The first-order chi connectivity index (χ1) is 11.1. The Kier molecular flexibility index (Phi) is 4.37. The summed E-state index contributed by atoms with van der Waals surface area (Å²) in [5.41, 5.74) is 2.53. The lowest BCUT2D eigenvalue weighted by Crippen LogP contribution is -2.28. The molecule has 23 heavy (non-hydrogen) atoms. The molecule has 0 aliphatic carbocycles. The molecular weight excluding hydrogens is 288 g/mol. The lowest BCUT2D eigenvalue weighted by molar-refractivity contribution is 0.0788. The Hall–Kier alpha value is -2.69. The van der Waals surface area contributed by atoms with Crippen LogP contribution in [0.3, 0.4) is 0 Å². The maximum absolute atomic E-state index is 12.5. The minimum absolute atomic E-state index is 0.0399. The first-order valence-electron chi connectivity index (χ1n) is 7.72. The van der Waals surface area contributed by atoms with E-state index in [-0.39, 0.29) is 5.91 Å². The van der Waals surface area contributed by atoms with Crippen LogP contribution >= 0.6 is 0 Å². The van der Waals surface area contributed by atoms with Gasteiger partial charge in [0.1, 0.15) is 5.69 Å². The fraction of sp³-hybridized carbons (Fsp3) is 0.278. The van der Waals surface area contributed by atoms with Crippen molar-refractivity contribution in [3.05, 3.63) is 60.0 Å². The Morgan fingerprint density at radius 2 is 2.04 bits per heavy atom. The first-order valence-corrected chi connectivity index (χ1v) is 7.72. The Labute approximate surface area is 135 Å². The van der Waals surface area contributed by atoms with Crippen molar-refractivity contribution in [2.45, 2.75) is 12.8 Å². The molecule has 0 spiro atoms. The number of carbonyl (C=O) groups is 1. The molecule has 5 heteroatoms. The van der Waals surface area contributed by atoms with Gasteiger partial charge < -0.3 is 4.90 Å². The summed E-state index contributed by atoms with van der Waals surface area (Å²) in [6.07, 6.45) is 5.69. The third-order valence-corrected chi connectivity index (χ3v) is 3.88. The maximum atomic E-state index is 12.5. The van der Waals surface area contributed by atoms with Crippen LogP contribution < -0.4 is 0 Å². The van der Waals surface area contributed by atoms with E-state index in [4.69, 9.17) is 0 Å². The van der Waals surface area contributed by atoms with Gasteiger partial charge in [0.25, 0.3) is 5.91 Å². The van der Waals surface area contributed by atoms with Gasteiger partial charge in [-0.1, -0.05) is 24.3 Å². The number of para-hydroxylation sites is 1. The van der Waals surface area contributed by atoms with E-state index < -0.39 is 0 Å². The predicted octanol–water partition coefficient (Wildman–Crippen LogP) is 2.67. The standard InChI is InChI=1S/C18H20N4O/c1-21(11-5-6-14-12-19-22(2)13-14)18(23)17-10-9-15-7-3-4-8-16(15)20-17/h3-4,7-10,12-13H,5-6,11H2,1-2H3. The zero-order valence-corrected chi connectivity index (χ0v) is 13.4. The summed E-state index contributed by atoms with van der Waals surface area (Å²) >= 11 is 0. The van der Waals surface area contributed by atoms with Gasteiger partial charge in [0.2, 0.25) is 0 Å². The second-order valence-electron chi connectivity index (χ2n) is 5.74. The molecule has 0 fully saturated rings. The quantitative estimate of drug-likeness (QED) is 0.728. The Morgan fingerprint density at radius 3 is 2.83 bits per heavy atom. The van der Waals surface area contributed by atoms with Gasteiger partial charge in [-0.15, -0.1) is 0 Å². The summed E-state index contributed by atoms with van der Waals surface area (Å²) in [5.74, 6) is -0.0399. The number of hydrogen-bond donors (Lipinski definition) is 0. The van der Waals surface area contributed by atoms with Crippen LogP contribution in [-0.2, 0) is 13.5 Å². The molecule has 0 saturated heterocycles. The molecule has 2 aromatic heterocycles. The molecule has 3 rings (SSSR count). The Bertz CT molecular complexity index is 825. The molecule has 0 unspecified atom stereocenters. The average molecular weight is 308 g/mol. The van der Waals surface area contributed by atoms with Crippen LogP contribution in [0.5, 0.6) is 0 Å². The van der Waals surface area contributed by atoms with Crippen molar-refractivity contribution in [3.8, 4) is 0 Å². The lowest BCUT2D eigenvalue weighted by Gasteiger charge is -2.16. The SMILES string of the molecule is CN(CCCc1cnn(C)c1)C(=O)c1ccc2ccccc2n1. The number of aryl methyl sites for hydroxylation is 2. The number of aromatic nitrogens is 3. The molecule has 1 aromatic carbocycles. The summed E-state index contributed by atoms with van der Waals surface area (Å²) in [5, 5.41) is 5.20. The van der Waals surface area contributed by atoms with E-state index >= 15 is 0 Å². The van der Waals surface area contributed by atoms with Crippen LogP contribution in [0.15, 0.2) is 48.8 Å². The van der Waals surface area contributed by atoms with E-state index in [0.29, 0.717) is 12.2 Å². The largest absolute Gasteiger partial charge is 0.340 e. The van der Waals surface area contributed by atoms with Crippen LogP contribution in [0, 0.1) is 0 Å². The van der Waals surface area contributed by atoms with Crippen molar-refractivity contribution in [1.82, 2.24) is 19.7 Å². The van der Waals surface area contributed by atoms with Crippen molar-refractivity contribution in [2.24, 2.45) is 7.05 Å². The second kappa shape index (κ2) is 6.60. The van der Waals surface area contributed by atoms with E-state index in [2.05, 4.69) is 10.1 Å². The minimum atomic E-state index is -0.0399. The van der Waals surface area contributed by atoms with Gasteiger partial charge in [0.05, 0.1) is 11.7 Å². The highest BCUT2D eigenvalue weighted by Gasteiger charge is 2.13. The highest BCUT2D eigenvalue weighted by atomic mass is 16.2. The molecule has 0 N–H and O–H groups in total. The minimum Gasteiger partial charge on any atom is -0.340 e. The number of pyridine rings is 1. The number of benzene rings is 1.